The van der Waals surface area contributed by atoms with Gasteiger partial charge in [-0.25, -0.2) is 13.8 Å². The Bertz CT molecular complexity index is 626. The Labute approximate surface area is 120 Å². The highest BCUT2D eigenvalue weighted by atomic mass is 32.1. The third kappa shape index (κ3) is 3.55. The molecule has 1 aromatic carbocycles. The standard InChI is InChI=1S/C12H10F5N3S/c13-7-3-1-2-6(10(7)14)4-8(20-18)9-5-19-11(21-9)12(15,16)17/h1-3,5,8,20H,4,18H2. The number of rotatable bonds is 4. The molecule has 1 heterocycles. The topological polar surface area (TPSA) is 50.9 Å². The van der Waals surface area contributed by atoms with Gasteiger partial charge in [-0.3, -0.25) is 11.3 Å². The Morgan fingerprint density at radius 2 is 2.00 bits per heavy atom. The van der Waals surface area contributed by atoms with E-state index in [1.807, 2.05) is 0 Å². The molecule has 3 nitrogen and oxygen atoms in total. The zero-order valence-electron chi connectivity index (χ0n) is 10.4. The number of benzene rings is 1. The lowest BCUT2D eigenvalue weighted by molar-refractivity contribution is -0.137. The summed E-state index contributed by atoms with van der Waals surface area (Å²) in [7, 11) is 0. The summed E-state index contributed by atoms with van der Waals surface area (Å²) in [5.74, 6) is 3.22. The summed E-state index contributed by atoms with van der Waals surface area (Å²) in [5, 5.41) is -1.02. The van der Waals surface area contributed by atoms with Gasteiger partial charge in [0.15, 0.2) is 16.6 Å². The average Bonchev–Trinajstić information content (AvgIpc) is 2.90. The number of thiazole rings is 1. The van der Waals surface area contributed by atoms with Crippen molar-refractivity contribution in [3.8, 4) is 0 Å². The normalized spacial score (nSPS) is 13.4. The van der Waals surface area contributed by atoms with E-state index in [1.54, 1.807) is 0 Å². The zero-order chi connectivity index (χ0) is 15.6. The minimum Gasteiger partial charge on any atom is -0.271 e. The molecule has 0 spiro atoms. The summed E-state index contributed by atoms with van der Waals surface area (Å²) in [6.07, 6.45) is -3.62. The van der Waals surface area contributed by atoms with Gasteiger partial charge in [0.2, 0.25) is 0 Å². The number of nitrogens with one attached hydrogen (secondary N) is 1. The minimum atomic E-state index is -4.55. The summed E-state index contributed by atoms with van der Waals surface area (Å²) in [6, 6.07) is 2.82. The van der Waals surface area contributed by atoms with Crippen LogP contribution in [0.25, 0.3) is 0 Å². The van der Waals surface area contributed by atoms with E-state index in [1.165, 1.54) is 12.1 Å². The maximum atomic E-state index is 13.6. The van der Waals surface area contributed by atoms with Gasteiger partial charge in [-0.1, -0.05) is 12.1 Å². The van der Waals surface area contributed by atoms with Gasteiger partial charge >= 0.3 is 6.18 Å². The lowest BCUT2D eigenvalue weighted by Gasteiger charge is -2.14. The molecule has 1 aromatic heterocycles. The first kappa shape index (κ1) is 15.8. The van der Waals surface area contributed by atoms with Crippen LogP contribution in [0.1, 0.15) is 21.5 Å². The highest BCUT2D eigenvalue weighted by Gasteiger charge is 2.35. The molecule has 114 valence electrons. The molecule has 21 heavy (non-hydrogen) atoms. The molecule has 0 amide bonds. The summed E-state index contributed by atoms with van der Waals surface area (Å²) in [4.78, 5) is 3.46. The van der Waals surface area contributed by atoms with Crippen molar-refractivity contribution in [2.75, 3.05) is 0 Å². The summed E-state index contributed by atoms with van der Waals surface area (Å²) in [6.45, 7) is 0. The average molecular weight is 323 g/mol. The predicted octanol–water partition coefficient (Wildman–Crippen LogP) is 3.19. The molecule has 1 atom stereocenters. The van der Waals surface area contributed by atoms with Gasteiger partial charge < -0.3 is 0 Å². The number of halogens is 5. The van der Waals surface area contributed by atoms with Crippen LogP contribution in [0.2, 0.25) is 0 Å². The molecule has 0 saturated heterocycles. The fraction of sp³-hybridized carbons (Fsp3) is 0.250. The summed E-state index contributed by atoms with van der Waals surface area (Å²) in [5.41, 5.74) is 2.31. The van der Waals surface area contributed by atoms with Crippen LogP contribution in [0.5, 0.6) is 0 Å². The van der Waals surface area contributed by atoms with Crippen LogP contribution in [-0.2, 0) is 12.6 Å². The minimum absolute atomic E-state index is 0.0138. The van der Waals surface area contributed by atoms with Crippen molar-refractivity contribution in [1.29, 1.82) is 0 Å². The van der Waals surface area contributed by atoms with E-state index in [-0.39, 0.29) is 16.9 Å². The van der Waals surface area contributed by atoms with Crippen molar-refractivity contribution >= 4 is 11.3 Å². The molecule has 0 aliphatic carbocycles. The van der Waals surface area contributed by atoms with Crippen LogP contribution in [-0.4, -0.2) is 4.98 Å². The Morgan fingerprint density at radius 3 is 2.57 bits per heavy atom. The molecule has 0 fully saturated rings. The Balaban J connectivity index is 2.24. The van der Waals surface area contributed by atoms with E-state index in [0.29, 0.717) is 11.3 Å². The molecule has 0 aliphatic heterocycles. The summed E-state index contributed by atoms with van der Waals surface area (Å²) >= 11 is 0.407. The third-order valence-electron chi connectivity index (χ3n) is 2.77. The largest absolute Gasteiger partial charge is 0.443 e. The van der Waals surface area contributed by atoms with E-state index in [9.17, 15) is 22.0 Å². The van der Waals surface area contributed by atoms with Gasteiger partial charge in [-0.2, -0.15) is 13.2 Å². The highest BCUT2D eigenvalue weighted by molar-refractivity contribution is 7.11. The van der Waals surface area contributed by atoms with Crippen molar-refractivity contribution in [3.63, 3.8) is 0 Å². The first-order valence-corrected chi connectivity index (χ1v) is 6.56. The molecule has 9 heteroatoms. The van der Waals surface area contributed by atoms with Gasteiger partial charge in [-0.15, -0.1) is 11.3 Å². The Morgan fingerprint density at radius 1 is 1.29 bits per heavy atom. The van der Waals surface area contributed by atoms with E-state index < -0.39 is 28.9 Å². The van der Waals surface area contributed by atoms with Crippen LogP contribution < -0.4 is 11.3 Å². The second-order valence-corrected chi connectivity index (χ2v) is 5.26. The number of nitrogens with zero attached hydrogens (tertiary/aromatic N) is 1. The van der Waals surface area contributed by atoms with Crippen molar-refractivity contribution in [1.82, 2.24) is 10.4 Å². The van der Waals surface area contributed by atoms with Gasteiger partial charge in [0.1, 0.15) is 0 Å². The molecular formula is C12H10F5N3S. The summed E-state index contributed by atoms with van der Waals surface area (Å²) < 4.78 is 64.2. The van der Waals surface area contributed by atoms with Crippen LogP contribution in [0.15, 0.2) is 24.4 Å². The molecule has 2 rings (SSSR count). The van der Waals surface area contributed by atoms with Gasteiger partial charge in [0.25, 0.3) is 0 Å². The van der Waals surface area contributed by atoms with Crippen molar-refractivity contribution in [2.24, 2.45) is 5.84 Å². The van der Waals surface area contributed by atoms with E-state index >= 15 is 0 Å². The Hall–Kier alpha value is -1.58. The van der Waals surface area contributed by atoms with Crippen molar-refractivity contribution < 1.29 is 22.0 Å². The molecule has 0 saturated carbocycles. The smallest absolute Gasteiger partial charge is 0.271 e. The third-order valence-corrected chi connectivity index (χ3v) is 3.92. The van der Waals surface area contributed by atoms with Crippen LogP contribution >= 0.6 is 11.3 Å². The van der Waals surface area contributed by atoms with E-state index in [2.05, 4.69) is 10.4 Å². The van der Waals surface area contributed by atoms with E-state index in [0.717, 1.165) is 12.3 Å². The van der Waals surface area contributed by atoms with Gasteiger partial charge in [0, 0.05) is 11.1 Å². The highest BCUT2D eigenvalue weighted by Crippen LogP contribution is 2.35. The predicted molar refractivity (Wildman–Crippen MR) is 67.2 cm³/mol. The second kappa shape index (κ2) is 6.04. The molecule has 0 bridgehead atoms. The lowest BCUT2D eigenvalue weighted by atomic mass is 10.0. The van der Waals surface area contributed by atoms with Crippen LogP contribution in [0.3, 0.4) is 0 Å². The molecule has 3 N–H and O–H groups in total. The molecule has 0 aliphatic rings. The fourth-order valence-electron chi connectivity index (χ4n) is 1.75. The Kier molecular flexibility index (Phi) is 4.55. The SMILES string of the molecule is NNC(Cc1cccc(F)c1F)c1cnc(C(F)(F)F)s1. The number of hydrazine groups is 1. The maximum absolute atomic E-state index is 13.6. The number of hydrogen-bond donors (Lipinski definition) is 2. The van der Waals surface area contributed by atoms with E-state index in [4.69, 9.17) is 5.84 Å². The molecule has 1 unspecified atom stereocenters. The van der Waals surface area contributed by atoms with Crippen LogP contribution in [0.4, 0.5) is 22.0 Å². The van der Waals surface area contributed by atoms with Gasteiger partial charge in [0.05, 0.1) is 6.04 Å². The maximum Gasteiger partial charge on any atom is 0.443 e. The van der Waals surface area contributed by atoms with Crippen molar-refractivity contribution in [2.45, 2.75) is 18.6 Å². The molecular weight excluding hydrogens is 313 g/mol. The molecule has 0 radical (unpaired) electrons. The van der Waals surface area contributed by atoms with Crippen LogP contribution in [0, 0.1) is 11.6 Å². The molecule has 2 aromatic rings. The number of alkyl halides is 3. The second-order valence-electron chi connectivity index (χ2n) is 4.20. The fourth-order valence-corrected chi connectivity index (χ4v) is 2.59. The van der Waals surface area contributed by atoms with Gasteiger partial charge in [-0.05, 0) is 18.1 Å². The monoisotopic (exact) mass is 323 g/mol. The first-order valence-electron chi connectivity index (χ1n) is 5.75. The van der Waals surface area contributed by atoms with Crippen molar-refractivity contribution in [3.05, 3.63) is 51.5 Å². The first-order chi connectivity index (χ1) is 9.82. The zero-order valence-corrected chi connectivity index (χ0v) is 11.2. The number of hydrogen-bond acceptors (Lipinski definition) is 4. The lowest BCUT2D eigenvalue weighted by Crippen LogP contribution is -2.29. The number of nitrogens with two attached hydrogens (primary N) is 1. The number of aromatic nitrogens is 1. The quantitative estimate of drug-likeness (QED) is 0.516.